The molecule has 2 aromatic carbocycles. The smallest absolute Gasteiger partial charge is 0.245 e. The van der Waals surface area contributed by atoms with E-state index in [1.54, 1.807) is 12.5 Å². The molecule has 2 fully saturated rings. The number of nitrogens with zero attached hydrogens (tertiary/aromatic N) is 6. The van der Waals surface area contributed by atoms with Crippen LogP contribution in [0.5, 0.6) is 5.75 Å². The van der Waals surface area contributed by atoms with Gasteiger partial charge in [-0.15, -0.1) is 0 Å². The highest BCUT2D eigenvalue weighted by molar-refractivity contribution is 6.32. The molecule has 2 N–H and O–H groups in total. The van der Waals surface area contributed by atoms with Crippen LogP contribution in [0.2, 0.25) is 5.02 Å². The molecule has 246 valence electrons. The molecule has 0 unspecified atom stereocenters. The van der Waals surface area contributed by atoms with Gasteiger partial charge in [-0.25, -0.2) is 9.97 Å². The van der Waals surface area contributed by atoms with E-state index < -0.39 is 0 Å². The molecule has 0 radical (unpaired) electrons. The Kier molecular flexibility index (Phi) is 9.27. The first-order valence-corrected chi connectivity index (χ1v) is 16.8. The molecule has 0 aliphatic carbocycles. The van der Waals surface area contributed by atoms with Crippen LogP contribution >= 0.6 is 11.6 Å². The van der Waals surface area contributed by atoms with E-state index in [0.717, 1.165) is 78.3 Å². The molecule has 2 saturated heterocycles. The molecule has 5 heterocycles. The van der Waals surface area contributed by atoms with Gasteiger partial charge in [0.25, 0.3) is 0 Å². The van der Waals surface area contributed by atoms with Gasteiger partial charge in [-0.05, 0) is 85.5 Å². The van der Waals surface area contributed by atoms with Crippen LogP contribution in [0.1, 0.15) is 30.0 Å². The maximum absolute atomic E-state index is 12.4. The monoisotopic (exact) mass is 662 g/mol. The Bertz CT molecular complexity index is 1900. The van der Waals surface area contributed by atoms with Crippen LogP contribution in [0.25, 0.3) is 22.3 Å². The maximum atomic E-state index is 12.4. The summed E-state index contributed by atoms with van der Waals surface area (Å²) in [7, 11) is 2.17. The number of amides is 1. The first-order chi connectivity index (χ1) is 23.5. The van der Waals surface area contributed by atoms with Gasteiger partial charge in [0.15, 0.2) is 0 Å². The number of piperazine rings is 1. The van der Waals surface area contributed by atoms with Gasteiger partial charge in [0.05, 0.1) is 21.8 Å². The predicted octanol–water partition coefficient (Wildman–Crippen LogP) is 6.64. The Morgan fingerprint density at radius 3 is 2.52 bits per heavy atom. The number of carbonyl (C=O) groups is 1. The average molecular weight is 663 g/mol. The first kappa shape index (κ1) is 31.7. The summed E-state index contributed by atoms with van der Waals surface area (Å²) in [5.41, 5.74) is 6.87. The van der Waals surface area contributed by atoms with Crippen molar-refractivity contribution in [2.45, 2.75) is 25.4 Å². The second-order valence-electron chi connectivity index (χ2n) is 12.4. The second-order valence-corrected chi connectivity index (χ2v) is 12.8. The number of hydrogen-bond donors (Lipinski definition) is 2. The van der Waals surface area contributed by atoms with Crippen molar-refractivity contribution >= 4 is 45.7 Å². The van der Waals surface area contributed by atoms with Crippen molar-refractivity contribution in [1.29, 1.82) is 0 Å². The molecule has 0 bridgehead atoms. The summed E-state index contributed by atoms with van der Waals surface area (Å²) in [6.07, 6.45) is 6.35. The van der Waals surface area contributed by atoms with Crippen LogP contribution in [0.15, 0.2) is 85.8 Å². The number of likely N-dealkylation sites (tertiary alicyclic amines) is 1. The molecule has 5 aromatic rings. The van der Waals surface area contributed by atoms with Crippen LogP contribution in [-0.4, -0.2) is 82.0 Å². The third kappa shape index (κ3) is 6.72. The van der Waals surface area contributed by atoms with Crippen LogP contribution in [0.3, 0.4) is 0 Å². The summed E-state index contributed by atoms with van der Waals surface area (Å²) in [6, 6.07) is 20.2. The van der Waals surface area contributed by atoms with Crippen molar-refractivity contribution in [3.05, 3.63) is 102 Å². The maximum Gasteiger partial charge on any atom is 0.245 e. The number of fused-ring (bicyclic) bond motifs is 1. The third-order valence-electron chi connectivity index (χ3n) is 9.34. The molecule has 7 rings (SSSR count). The van der Waals surface area contributed by atoms with Crippen LogP contribution in [-0.2, 0) is 11.4 Å². The highest BCUT2D eigenvalue weighted by Gasteiger charge is 2.29. The first-order valence-electron chi connectivity index (χ1n) is 16.4. The van der Waals surface area contributed by atoms with Crippen molar-refractivity contribution in [2.24, 2.45) is 0 Å². The lowest BCUT2D eigenvalue weighted by molar-refractivity contribution is -0.127. The van der Waals surface area contributed by atoms with E-state index in [0.29, 0.717) is 36.3 Å². The Morgan fingerprint density at radius 2 is 1.81 bits per heavy atom. The lowest BCUT2D eigenvalue weighted by Gasteiger charge is -2.34. The Labute approximate surface area is 285 Å². The molecule has 0 saturated carbocycles. The molecule has 3 aromatic heterocycles. The minimum atomic E-state index is -0.0258. The highest BCUT2D eigenvalue weighted by Crippen LogP contribution is 2.43. The summed E-state index contributed by atoms with van der Waals surface area (Å²) < 4.78 is 5.94. The van der Waals surface area contributed by atoms with E-state index in [9.17, 15) is 4.79 Å². The molecule has 48 heavy (non-hydrogen) atoms. The summed E-state index contributed by atoms with van der Waals surface area (Å²) in [5, 5.41) is 4.94. The lowest BCUT2D eigenvalue weighted by Crippen LogP contribution is -2.44. The zero-order valence-electron chi connectivity index (χ0n) is 27.0. The number of piperidine rings is 1. The van der Waals surface area contributed by atoms with E-state index in [1.165, 1.54) is 11.8 Å². The van der Waals surface area contributed by atoms with Gasteiger partial charge in [-0.2, -0.15) is 0 Å². The Morgan fingerprint density at radius 1 is 1.02 bits per heavy atom. The Hall–Kier alpha value is -4.93. The van der Waals surface area contributed by atoms with E-state index in [1.807, 2.05) is 41.3 Å². The number of benzene rings is 2. The van der Waals surface area contributed by atoms with Crippen LogP contribution in [0, 0.1) is 0 Å². The number of carbonyl (C=O) groups excluding carboxylic acids is 1. The normalized spacial score (nSPS) is 15.9. The van der Waals surface area contributed by atoms with Crippen LogP contribution < -0.4 is 15.0 Å². The highest BCUT2D eigenvalue weighted by atomic mass is 35.5. The number of aromatic nitrogens is 4. The van der Waals surface area contributed by atoms with Crippen molar-refractivity contribution < 1.29 is 9.53 Å². The largest absolute Gasteiger partial charge is 0.486 e. The summed E-state index contributed by atoms with van der Waals surface area (Å²) in [4.78, 5) is 36.4. The SMILES string of the molecule is C=CC(=O)N1CCC(c2c(-c3ccc(N4CCN(C)CC4)cc3)[nH]c3ncnc(Nc4ccc(OCc5ccccn5)c(Cl)c4)c23)CC1. The molecule has 2 aliphatic heterocycles. The molecule has 2 aliphatic rings. The zero-order valence-corrected chi connectivity index (χ0v) is 27.8. The van der Waals surface area contributed by atoms with Gasteiger partial charge in [0.1, 0.15) is 30.1 Å². The van der Waals surface area contributed by atoms with Gasteiger partial charge in [0.2, 0.25) is 5.91 Å². The predicted molar refractivity (Wildman–Crippen MR) is 191 cm³/mol. The molecule has 10 nitrogen and oxygen atoms in total. The van der Waals surface area contributed by atoms with E-state index >= 15 is 0 Å². The van der Waals surface area contributed by atoms with Crippen molar-refractivity contribution in [3.8, 4) is 17.0 Å². The van der Waals surface area contributed by atoms with Crippen molar-refractivity contribution in [2.75, 3.05) is 56.5 Å². The number of aromatic amines is 1. The van der Waals surface area contributed by atoms with Crippen molar-refractivity contribution in [3.63, 3.8) is 0 Å². The number of hydrogen-bond acceptors (Lipinski definition) is 8. The number of likely N-dealkylation sites (N-methyl/N-ethyl adjacent to an activating group) is 1. The van der Waals surface area contributed by atoms with E-state index in [4.69, 9.17) is 21.3 Å². The lowest BCUT2D eigenvalue weighted by atomic mass is 9.86. The van der Waals surface area contributed by atoms with Gasteiger partial charge in [0, 0.05) is 56.8 Å². The number of pyridine rings is 1. The molecule has 1 amide bonds. The zero-order chi connectivity index (χ0) is 33.0. The summed E-state index contributed by atoms with van der Waals surface area (Å²) >= 11 is 6.68. The fourth-order valence-corrected chi connectivity index (χ4v) is 6.90. The number of halogens is 1. The molecule has 0 spiro atoms. The van der Waals surface area contributed by atoms with E-state index in [-0.39, 0.29) is 11.8 Å². The number of H-pyrrole nitrogens is 1. The van der Waals surface area contributed by atoms with E-state index in [2.05, 4.69) is 68.0 Å². The van der Waals surface area contributed by atoms with Crippen LogP contribution in [0.4, 0.5) is 17.2 Å². The molecular weight excluding hydrogens is 624 g/mol. The molecule has 0 atom stereocenters. The number of ether oxygens (including phenoxy) is 1. The van der Waals surface area contributed by atoms with Gasteiger partial charge >= 0.3 is 0 Å². The minimum Gasteiger partial charge on any atom is -0.486 e. The standard InChI is InChI=1S/C37H39ClN8O2/c1-3-32(47)46-16-13-25(14-17-46)33-34-36(42-27-9-12-31(30(38)22-27)48-23-28-6-4-5-15-39-28)40-24-41-37(34)43-35(33)26-7-10-29(11-8-26)45-20-18-44(2)19-21-45/h3-12,15,22,24-25H,1,13-14,16-21,23H2,2H3,(H2,40,41,42,43). The molecular formula is C37H39ClN8O2. The van der Waals surface area contributed by atoms with Gasteiger partial charge in [-0.1, -0.05) is 36.4 Å². The topological polar surface area (TPSA) is 103 Å². The average Bonchev–Trinajstić information content (AvgIpc) is 3.52. The number of nitrogens with one attached hydrogen (secondary N) is 2. The quantitative estimate of drug-likeness (QED) is 0.169. The third-order valence-corrected chi connectivity index (χ3v) is 9.63. The molecule has 11 heteroatoms. The van der Waals surface area contributed by atoms with Gasteiger partial charge < -0.3 is 29.7 Å². The fourth-order valence-electron chi connectivity index (χ4n) is 6.67. The second kappa shape index (κ2) is 14.0. The number of rotatable bonds is 9. The summed E-state index contributed by atoms with van der Waals surface area (Å²) in [5.74, 6) is 1.43. The summed E-state index contributed by atoms with van der Waals surface area (Å²) in [6.45, 7) is 9.48. The van der Waals surface area contributed by atoms with Gasteiger partial charge in [-0.3, -0.25) is 9.78 Å². The Balaban J connectivity index is 1.21. The fraction of sp³-hybridized carbons (Fsp3) is 0.297. The minimum absolute atomic E-state index is 0.0258. The number of anilines is 3. The van der Waals surface area contributed by atoms with Crippen molar-refractivity contribution in [1.82, 2.24) is 29.7 Å².